The van der Waals surface area contributed by atoms with E-state index in [-0.39, 0.29) is 5.78 Å². The van der Waals surface area contributed by atoms with Crippen LogP contribution in [0.5, 0.6) is 0 Å². The molecule has 0 saturated carbocycles. The molecule has 1 unspecified atom stereocenters. The zero-order valence-corrected chi connectivity index (χ0v) is 14.0. The molecule has 2 aliphatic heterocycles. The average molecular weight is 351 g/mol. The summed E-state index contributed by atoms with van der Waals surface area (Å²) in [6, 6.07) is 8.45. The minimum atomic E-state index is 0.243. The Hall–Kier alpha value is -0.710. The molecule has 2 saturated heterocycles. The van der Waals surface area contributed by atoms with Gasteiger partial charge in [0.25, 0.3) is 0 Å². The van der Waals surface area contributed by atoms with Crippen LogP contribution in [-0.4, -0.2) is 54.3 Å². The molecule has 1 aromatic rings. The van der Waals surface area contributed by atoms with Crippen LogP contribution in [0.3, 0.4) is 0 Å². The third-order valence-electron chi connectivity index (χ3n) is 4.73. The molecule has 1 aromatic carbocycles. The Bertz CT molecular complexity index is 499. The van der Waals surface area contributed by atoms with Gasteiger partial charge in [-0.3, -0.25) is 9.69 Å². The molecule has 4 heteroatoms. The van der Waals surface area contributed by atoms with Gasteiger partial charge in [-0.25, -0.2) is 0 Å². The van der Waals surface area contributed by atoms with Crippen molar-refractivity contribution in [3.05, 3.63) is 34.3 Å². The number of hydrogen-bond donors (Lipinski definition) is 0. The Morgan fingerprint density at radius 1 is 1.19 bits per heavy atom. The van der Waals surface area contributed by atoms with Crippen molar-refractivity contribution in [2.75, 3.05) is 32.7 Å². The highest BCUT2D eigenvalue weighted by Gasteiger charge is 2.29. The van der Waals surface area contributed by atoms with Crippen LogP contribution >= 0.6 is 15.9 Å². The van der Waals surface area contributed by atoms with Crippen LogP contribution in [-0.2, 0) is 0 Å². The number of benzene rings is 1. The molecule has 0 aliphatic carbocycles. The van der Waals surface area contributed by atoms with E-state index in [4.69, 9.17) is 0 Å². The zero-order chi connectivity index (χ0) is 14.7. The van der Waals surface area contributed by atoms with E-state index in [1.807, 2.05) is 24.3 Å². The van der Waals surface area contributed by atoms with Crippen molar-refractivity contribution in [3.8, 4) is 0 Å². The standard InChI is InChI=1S/C17H23BrN2O/c18-16-6-2-1-5-15(16)17(21)8-12-19-11-7-14(13-19)20-9-3-4-10-20/h1-2,5-6,14H,3-4,7-13H2. The Kier molecular flexibility index (Phi) is 5.09. The summed E-state index contributed by atoms with van der Waals surface area (Å²) in [4.78, 5) is 17.4. The lowest BCUT2D eigenvalue weighted by atomic mass is 10.1. The fraction of sp³-hybridized carbons (Fsp3) is 0.588. The third kappa shape index (κ3) is 3.74. The zero-order valence-electron chi connectivity index (χ0n) is 12.4. The number of ketones is 1. The predicted octanol–water partition coefficient (Wildman–Crippen LogP) is 3.19. The van der Waals surface area contributed by atoms with E-state index in [1.165, 1.54) is 32.4 Å². The summed E-state index contributed by atoms with van der Waals surface area (Å²) in [5.41, 5.74) is 0.813. The van der Waals surface area contributed by atoms with Crippen molar-refractivity contribution in [1.29, 1.82) is 0 Å². The first kappa shape index (κ1) is 15.2. The topological polar surface area (TPSA) is 23.6 Å². The molecular weight excluding hydrogens is 328 g/mol. The first-order valence-corrected chi connectivity index (χ1v) is 8.77. The smallest absolute Gasteiger partial charge is 0.165 e. The summed E-state index contributed by atoms with van der Waals surface area (Å²) in [5, 5.41) is 0. The Morgan fingerprint density at radius 2 is 1.95 bits per heavy atom. The van der Waals surface area contributed by atoms with Crippen LogP contribution in [0.2, 0.25) is 0 Å². The Labute approximate surface area is 135 Å². The molecular formula is C17H23BrN2O. The fourth-order valence-electron chi connectivity index (χ4n) is 3.50. The molecule has 0 N–H and O–H groups in total. The second-order valence-corrected chi connectivity index (χ2v) is 6.99. The largest absolute Gasteiger partial charge is 0.301 e. The summed E-state index contributed by atoms with van der Waals surface area (Å²) < 4.78 is 0.909. The molecule has 1 atom stereocenters. The van der Waals surface area contributed by atoms with Crippen molar-refractivity contribution in [2.24, 2.45) is 0 Å². The highest BCUT2D eigenvalue weighted by molar-refractivity contribution is 9.10. The second kappa shape index (κ2) is 7.03. The number of hydrogen-bond acceptors (Lipinski definition) is 3. The maximum atomic E-state index is 12.3. The van der Waals surface area contributed by atoms with E-state index in [0.717, 1.165) is 35.7 Å². The van der Waals surface area contributed by atoms with Gasteiger partial charge in [-0.05, 0) is 45.0 Å². The first-order valence-electron chi connectivity index (χ1n) is 7.98. The van der Waals surface area contributed by atoms with E-state index in [1.54, 1.807) is 0 Å². The summed E-state index contributed by atoms with van der Waals surface area (Å²) in [7, 11) is 0. The van der Waals surface area contributed by atoms with E-state index >= 15 is 0 Å². The number of carbonyl (C=O) groups is 1. The van der Waals surface area contributed by atoms with Crippen LogP contribution in [0, 0.1) is 0 Å². The number of nitrogens with zero attached hydrogens (tertiary/aromatic N) is 2. The Balaban J connectivity index is 1.47. The molecule has 3 rings (SSSR count). The molecule has 21 heavy (non-hydrogen) atoms. The summed E-state index contributed by atoms with van der Waals surface area (Å²) >= 11 is 3.46. The number of likely N-dealkylation sites (tertiary alicyclic amines) is 2. The highest BCUT2D eigenvalue weighted by Crippen LogP contribution is 2.21. The van der Waals surface area contributed by atoms with Crippen LogP contribution < -0.4 is 0 Å². The second-order valence-electron chi connectivity index (χ2n) is 6.14. The quantitative estimate of drug-likeness (QED) is 0.762. The van der Waals surface area contributed by atoms with Gasteiger partial charge in [-0.2, -0.15) is 0 Å². The van der Waals surface area contributed by atoms with Crippen LogP contribution in [0.15, 0.2) is 28.7 Å². The molecule has 2 fully saturated rings. The summed E-state index contributed by atoms with van der Waals surface area (Å²) in [6.45, 7) is 5.72. The number of halogens is 1. The summed E-state index contributed by atoms with van der Waals surface area (Å²) in [5.74, 6) is 0.243. The van der Waals surface area contributed by atoms with Gasteiger partial charge in [0.15, 0.2) is 5.78 Å². The maximum Gasteiger partial charge on any atom is 0.165 e. The van der Waals surface area contributed by atoms with Crippen molar-refractivity contribution in [2.45, 2.75) is 31.7 Å². The van der Waals surface area contributed by atoms with Gasteiger partial charge < -0.3 is 4.90 Å². The highest BCUT2D eigenvalue weighted by atomic mass is 79.9. The minimum absolute atomic E-state index is 0.243. The molecule has 0 amide bonds. The van der Waals surface area contributed by atoms with Crippen LogP contribution in [0.25, 0.3) is 0 Å². The monoisotopic (exact) mass is 350 g/mol. The SMILES string of the molecule is O=C(CCN1CCC(N2CCCC2)C1)c1ccccc1Br. The van der Waals surface area contributed by atoms with Gasteiger partial charge in [-0.1, -0.05) is 34.1 Å². The molecule has 2 heterocycles. The Morgan fingerprint density at radius 3 is 2.71 bits per heavy atom. The lowest BCUT2D eigenvalue weighted by molar-refractivity contribution is 0.0966. The predicted molar refractivity (Wildman–Crippen MR) is 88.7 cm³/mol. The van der Waals surface area contributed by atoms with Crippen LogP contribution in [0.4, 0.5) is 0 Å². The average Bonchev–Trinajstić information content (AvgIpc) is 3.16. The number of rotatable bonds is 5. The van der Waals surface area contributed by atoms with Crippen molar-refractivity contribution in [3.63, 3.8) is 0 Å². The third-order valence-corrected chi connectivity index (χ3v) is 5.43. The van der Waals surface area contributed by atoms with E-state index in [0.29, 0.717) is 6.42 Å². The van der Waals surface area contributed by atoms with Gasteiger partial charge in [0, 0.05) is 35.6 Å². The molecule has 114 valence electrons. The number of Topliss-reactive ketones (excluding diaryl/α,β-unsaturated/α-hetero) is 1. The summed E-state index contributed by atoms with van der Waals surface area (Å²) in [6.07, 6.45) is 4.60. The van der Waals surface area contributed by atoms with Crippen molar-refractivity contribution >= 4 is 21.7 Å². The lowest BCUT2D eigenvalue weighted by Crippen LogP contribution is -2.35. The van der Waals surface area contributed by atoms with Crippen molar-refractivity contribution in [1.82, 2.24) is 9.80 Å². The van der Waals surface area contributed by atoms with Gasteiger partial charge in [0.05, 0.1) is 0 Å². The molecule has 2 aliphatic rings. The minimum Gasteiger partial charge on any atom is -0.301 e. The molecule has 0 bridgehead atoms. The number of carbonyl (C=O) groups excluding carboxylic acids is 1. The first-order chi connectivity index (χ1) is 10.2. The van der Waals surface area contributed by atoms with Gasteiger partial charge in [0.1, 0.15) is 0 Å². The molecule has 3 nitrogen and oxygen atoms in total. The van der Waals surface area contributed by atoms with Crippen LogP contribution in [0.1, 0.15) is 36.0 Å². The van der Waals surface area contributed by atoms with Crippen molar-refractivity contribution < 1.29 is 4.79 Å². The normalized spacial score (nSPS) is 23.8. The molecule has 0 aromatic heterocycles. The lowest BCUT2D eigenvalue weighted by Gasteiger charge is -2.23. The van der Waals surface area contributed by atoms with E-state index < -0.39 is 0 Å². The fourth-order valence-corrected chi connectivity index (χ4v) is 4.01. The maximum absolute atomic E-state index is 12.3. The van der Waals surface area contributed by atoms with Gasteiger partial charge in [-0.15, -0.1) is 0 Å². The molecule has 0 radical (unpaired) electrons. The van der Waals surface area contributed by atoms with E-state index in [9.17, 15) is 4.79 Å². The molecule has 0 spiro atoms. The van der Waals surface area contributed by atoms with E-state index in [2.05, 4.69) is 25.7 Å². The van der Waals surface area contributed by atoms with Gasteiger partial charge >= 0.3 is 0 Å². The van der Waals surface area contributed by atoms with Gasteiger partial charge in [0.2, 0.25) is 0 Å².